The average Bonchev–Trinajstić information content (AvgIpc) is 3.15. The number of piperidine rings is 1. The van der Waals surface area contributed by atoms with Gasteiger partial charge in [0.1, 0.15) is 0 Å². The molecule has 51 heavy (non-hydrogen) atoms. The molecule has 4 aromatic carbocycles. The fourth-order valence-corrected chi connectivity index (χ4v) is 7.01. The van der Waals surface area contributed by atoms with Crippen LogP contribution in [-0.4, -0.2) is 58.8 Å². The molecule has 2 heterocycles. The highest BCUT2D eigenvalue weighted by atomic mass is 35.5. The summed E-state index contributed by atoms with van der Waals surface area (Å²) in [7, 11) is 0. The second-order valence-corrected chi connectivity index (χ2v) is 13.9. The van der Waals surface area contributed by atoms with Crippen molar-refractivity contribution >= 4 is 23.5 Å². The van der Waals surface area contributed by atoms with Crippen molar-refractivity contribution in [3.63, 3.8) is 0 Å². The summed E-state index contributed by atoms with van der Waals surface area (Å²) in [5.41, 5.74) is 5.63. The van der Waals surface area contributed by atoms with Gasteiger partial charge < -0.3 is 34.6 Å². The molecule has 4 unspecified atom stereocenters. The Balaban J connectivity index is 1.16. The fraction of sp³-hybridized carbons (Fsp3) is 0.366. The van der Waals surface area contributed by atoms with Gasteiger partial charge in [-0.2, -0.15) is 0 Å². The number of aliphatic hydroxyl groups is 2. The predicted octanol–water partition coefficient (Wildman–Crippen LogP) is 6.60. The Labute approximate surface area is 304 Å². The number of aliphatic hydroxyl groups excluding tert-OH is 1. The normalized spacial score (nSPS) is 21.1. The molecular formula is C41H45ClN2O7. The second-order valence-electron chi connectivity index (χ2n) is 13.4. The third kappa shape index (κ3) is 9.23. The Morgan fingerprint density at radius 1 is 0.941 bits per heavy atom. The lowest BCUT2D eigenvalue weighted by atomic mass is 9.84. The van der Waals surface area contributed by atoms with Crippen LogP contribution in [0.15, 0.2) is 97.1 Å². The number of carbonyl (C=O) groups is 2. The minimum atomic E-state index is -0.884. The summed E-state index contributed by atoms with van der Waals surface area (Å²) in [6, 6.07) is 31.3. The maximum Gasteiger partial charge on any atom is 0.303 e. The van der Waals surface area contributed by atoms with E-state index in [2.05, 4.69) is 10.2 Å². The third-order valence-corrected chi connectivity index (χ3v) is 10.1. The van der Waals surface area contributed by atoms with Gasteiger partial charge in [-0.05, 0) is 65.3 Å². The standard InChI is InChI=1S/C41H45ClN2O7/c1-27(49-28(2)46)39(47)43-24-33-5-3-4-6-37(33)30-11-13-32(14-12-30)40-50-36(23-38(51-40)31-9-7-29(26-45)8-10-31)25-44-21-19-41(48,20-22-44)34-15-17-35(42)18-16-34/h3-18,27,36,38,40,45,48H,19-26H2,1-2H3,(H,43,47). The zero-order valence-electron chi connectivity index (χ0n) is 29.0. The van der Waals surface area contributed by atoms with Crippen molar-refractivity contribution in [2.24, 2.45) is 0 Å². The van der Waals surface area contributed by atoms with Gasteiger partial charge in [0.15, 0.2) is 12.4 Å². The number of ether oxygens (including phenoxy) is 3. The molecule has 2 aliphatic rings. The van der Waals surface area contributed by atoms with Gasteiger partial charge in [0.05, 0.1) is 24.4 Å². The molecule has 0 bridgehead atoms. The molecule has 0 saturated carbocycles. The van der Waals surface area contributed by atoms with Crippen LogP contribution in [0.2, 0.25) is 5.02 Å². The van der Waals surface area contributed by atoms with E-state index in [1.165, 1.54) is 6.92 Å². The molecule has 0 aromatic heterocycles. The lowest BCUT2D eigenvalue weighted by Crippen LogP contribution is -2.46. The van der Waals surface area contributed by atoms with E-state index in [0.29, 0.717) is 30.8 Å². The van der Waals surface area contributed by atoms with Crippen LogP contribution in [0.3, 0.4) is 0 Å². The van der Waals surface area contributed by atoms with E-state index in [9.17, 15) is 19.8 Å². The number of amides is 1. The van der Waals surface area contributed by atoms with Gasteiger partial charge >= 0.3 is 5.97 Å². The number of rotatable bonds is 11. The van der Waals surface area contributed by atoms with Crippen LogP contribution < -0.4 is 5.32 Å². The van der Waals surface area contributed by atoms with Crippen LogP contribution in [0.5, 0.6) is 0 Å². The fourth-order valence-electron chi connectivity index (χ4n) is 6.88. The minimum Gasteiger partial charge on any atom is -0.453 e. The van der Waals surface area contributed by atoms with Crippen LogP contribution in [0, 0.1) is 0 Å². The Hall–Kier alpha value is -4.09. The molecule has 2 fully saturated rings. The number of esters is 1. The topological polar surface area (TPSA) is 118 Å². The number of hydrogen-bond acceptors (Lipinski definition) is 8. The van der Waals surface area contributed by atoms with E-state index in [4.69, 9.17) is 25.8 Å². The Bertz CT molecular complexity index is 1770. The molecule has 0 radical (unpaired) electrons. The van der Waals surface area contributed by atoms with E-state index < -0.39 is 24.0 Å². The van der Waals surface area contributed by atoms with Crippen LogP contribution in [-0.2, 0) is 42.6 Å². The maximum atomic E-state index is 12.5. The number of benzene rings is 4. The molecule has 268 valence electrons. The summed E-state index contributed by atoms with van der Waals surface area (Å²) < 4.78 is 18.2. The van der Waals surface area contributed by atoms with Crippen molar-refractivity contribution in [1.82, 2.24) is 10.2 Å². The predicted molar refractivity (Wildman–Crippen MR) is 194 cm³/mol. The van der Waals surface area contributed by atoms with Crippen molar-refractivity contribution in [1.29, 1.82) is 0 Å². The van der Waals surface area contributed by atoms with Gasteiger partial charge in [-0.15, -0.1) is 0 Å². The molecule has 2 aliphatic heterocycles. The lowest BCUT2D eigenvalue weighted by molar-refractivity contribution is -0.253. The zero-order valence-corrected chi connectivity index (χ0v) is 29.7. The Kier molecular flexibility index (Phi) is 11.9. The van der Waals surface area contributed by atoms with Gasteiger partial charge in [0, 0.05) is 50.1 Å². The molecular weight excluding hydrogens is 668 g/mol. The first-order valence-electron chi connectivity index (χ1n) is 17.4. The van der Waals surface area contributed by atoms with Crippen molar-refractivity contribution in [2.45, 2.75) is 76.5 Å². The second kappa shape index (κ2) is 16.5. The van der Waals surface area contributed by atoms with Crippen molar-refractivity contribution in [2.75, 3.05) is 19.6 Å². The van der Waals surface area contributed by atoms with E-state index in [-0.39, 0.29) is 31.3 Å². The van der Waals surface area contributed by atoms with E-state index >= 15 is 0 Å². The lowest BCUT2D eigenvalue weighted by Gasteiger charge is -2.42. The molecule has 4 atom stereocenters. The maximum absolute atomic E-state index is 12.5. The molecule has 9 nitrogen and oxygen atoms in total. The van der Waals surface area contributed by atoms with Crippen molar-refractivity contribution in [3.8, 4) is 11.1 Å². The van der Waals surface area contributed by atoms with Crippen LogP contribution in [0.25, 0.3) is 11.1 Å². The Morgan fingerprint density at radius 3 is 2.27 bits per heavy atom. The molecule has 0 spiro atoms. The van der Waals surface area contributed by atoms with Gasteiger partial charge in [0.2, 0.25) is 0 Å². The van der Waals surface area contributed by atoms with E-state index in [0.717, 1.165) is 52.0 Å². The summed E-state index contributed by atoms with van der Waals surface area (Å²) in [6.07, 6.45) is 0.0870. The SMILES string of the molecule is CC(=O)OC(C)C(=O)NCc1ccccc1-c1ccc(C2OC(CN3CCC(O)(c4ccc(Cl)cc4)CC3)CC(c3ccc(CO)cc3)O2)cc1. The molecule has 2 saturated heterocycles. The molecule has 4 aromatic rings. The summed E-state index contributed by atoms with van der Waals surface area (Å²) >= 11 is 6.09. The van der Waals surface area contributed by atoms with Crippen LogP contribution >= 0.6 is 11.6 Å². The van der Waals surface area contributed by atoms with Gasteiger partial charge in [-0.3, -0.25) is 9.59 Å². The van der Waals surface area contributed by atoms with E-state index in [1.54, 1.807) is 6.92 Å². The summed E-state index contributed by atoms with van der Waals surface area (Å²) in [6.45, 7) is 5.26. The zero-order chi connectivity index (χ0) is 36.0. The number of halogens is 1. The average molecular weight is 713 g/mol. The quantitative estimate of drug-likeness (QED) is 0.149. The van der Waals surface area contributed by atoms with Crippen LogP contribution in [0.4, 0.5) is 0 Å². The highest BCUT2D eigenvalue weighted by Gasteiger charge is 2.37. The first-order chi connectivity index (χ1) is 24.6. The molecule has 6 rings (SSSR count). The van der Waals surface area contributed by atoms with E-state index in [1.807, 2.05) is 97.1 Å². The van der Waals surface area contributed by atoms with Gasteiger partial charge in [-0.25, -0.2) is 0 Å². The summed E-state index contributed by atoms with van der Waals surface area (Å²) in [5.74, 6) is -0.866. The number of nitrogens with one attached hydrogen (secondary N) is 1. The smallest absolute Gasteiger partial charge is 0.303 e. The largest absolute Gasteiger partial charge is 0.453 e. The minimum absolute atomic E-state index is 0.0211. The number of hydrogen-bond donors (Lipinski definition) is 3. The van der Waals surface area contributed by atoms with Crippen molar-refractivity contribution < 1.29 is 34.0 Å². The summed E-state index contributed by atoms with van der Waals surface area (Å²) in [5, 5.41) is 24.5. The first-order valence-corrected chi connectivity index (χ1v) is 17.8. The number of likely N-dealkylation sites (tertiary alicyclic amines) is 1. The molecule has 3 N–H and O–H groups in total. The highest BCUT2D eigenvalue weighted by molar-refractivity contribution is 6.30. The number of nitrogens with zero attached hydrogens (tertiary/aromatic N) is 1. The third-order valence-electron chi connectivity index (χ3n) is 9.82. The molecule has 1 amide bonds. The van der Waals surface area contributed by atoms with Gasteiger partial charge in [0.25, 0.3) is 5.91 Å². The Morgan fingerprint density at radius 2 is 1.61 bits per heavy atom. The van der Waals surface area contributed by atoms with Crippen molar-refractivity contribution in [3.05, 3.63) is 130 Å². The van der Waals surface area contributed by atoms with Crippen LogP contribution in [0.1, 0.15) is 73.3 Å². The highest BCUT2D eigenvalue weighted by Crippen LogP contribution is 2.40. The first kappa shape index (κ1) is 36.7. The summed E-state index contributed by atoms with van der Waals surface area (Å²) in [4.78, 5) is 26.1. The molecule has 0 aliphatic carbocycles. The molecule has 10 heteroatoms. The monoisotopic (exact) mass is 712 g/mol. The van der Waals surface area contributed by atoms with Gasteiger partial charge in [-0.1, -0.05) is 96.5 Å². The number of carbonyl (C=O) groups excluding carboxylic acids is 2.